The Hall–Kier alpha value is -3.75. The first-order chi connectivity index (χ1) is 12.8. The summed E-state index contributed by atoms with van der Waals surface area (Å²) in [5.74, 6) is -0.705. The normalized spacial score (nSPS) is 11.8. The molecule has 1 atom stereocenters. The lowest BCUT2D eigenvalue weighted by Gasteiger charge is -2.10. The summed E-state index contributed by atoms with van der Waals surface area (Å²) in [5, 5.41) is 28.3. The van der Waals surface area contributed by atoms with Gasteiger partial charge in [0.2, 0.25) is 5.89 Å². The Bertz CT molecular complexity index is 997. The van der Waals surface area contributed by atoms with E-state index in [1.807, 2.05) is 0 Å². The molecule has 1 heterocycles. The van der Waals surface area contributed by atoms with Crippen molar-refractivity contribution in [2.24, 2.45) is 0 Å². The molecule has 2 aromatic carbocycles. The molecule has 0 bridgehead atoms. The molecule has 1 aromatic heterocycles. The van der Waals surface area contributed by atoms with Crippen LogP contribution in [0.3, 0.4) is 0 Å². The third-order valence-corrected chi connectivity index (χ3v) is 3.77. The molecule has 0 aliphatic rings. The van der Waals surface area contributed by atoms with Crippen LogP contribution >= 0.6 is 0 Å². The maximum atomic E-state index is 12.2. The number of nitro benzene ring substituents is 1. The van der Waals surface area contributed by atoms with Gasteiger partial charge in [-0.15, -0.1) is 10.2 Å². The lowest BCUT2D eigenvalue weighted by molar-refractivity contribution is -0.384. The number of nitro groups is 1. The maximum absolute atomic E-state index is 12.2. The number of carbonyl (C=O) groups is 1. The number of esters is 1. The molecule has 3 rings (SSSR count). The lowest BCUT2D eigenvalue weighted by atomic mass is 10.1. The molecule has 0 aliphatic carbocycles. The predicted molar refractivity (Wildman–Crippen MR) is 93.1 cm³/mol. The van der Waals surface area contributed by atoms with E-state index in [1.165, 1.54) is 36.4 Å². The van der Waals surface area contributed by atoms with Gasteiger partial charge in [-0.3, -0.25) is 10.1 Å². The number of hydrogen-bond donors (Lipinski definition) is 1. The van der Waals surface area contributed by atoms with Crippen LogP contribution in [0.5, 0.6) is 5.75 Å². The van der Waals surface area contributed by atoms with Crippen molar-refractivity contribution >= 4 is 11.7 Å². The second-order valence-corrected chi connectivity index (χ2v) is 5.82. The summed E-state index contributed by atoms with van der Waals surface area (Å²) >= 11 is 0. The van der Waals surface area contributed by atoms with Crippen molar-refractivity contribution in [3.63, 3.8) is 0 Å². The Balaban J connectivity index is 1.73. The minimum atomic E-state index is -0.850. The van der Waals surface area contributed by atoms with E-state index in [2.05, 4.69) is 10.2 Å². The van der Waals surface area contributed by atoms with Gasteiger partial charge in [-0.05, 0) is 43.7 Å². The molecule has 0 saturated carbocycles. The van der Waals surface area contributed by atoms with Gasteiger partial charge in [0.05, 0.1) is 4.92 Å². The molecule has 0 saturated heterocycles. The average Bonchev–Trinajstić information content (AvgIpc) is 3.12. The molecule has 138 valence electrons. The van der Waals surface area contributed by atoms with E-state index >= 15 is 0 Å². The number of ether oxygens (including phenoxy) is 1. The summed E-state index contributed by atoms with van der Waals surface area (Å²) in [5.41, 5.74) is 1.28. The van der Waals surface area contributed by atoms with Gasteiger partial charge in [-0.1, -0.05) is 6.07 Å². The first kappa shape index (κ1) is 18.1. The fourth-order valence-corrected chi connectivity index (χ4v) is 2.33. The Kier molecular flexibility index (Phi) is 4.84. The number of phenols is 1. The zero-order valence-corrected chi connectivity index (χ0v) is 14.4. The van der Waals surface area contributed by atoms with Crippen molar-refractivity contribution in [3.8, 4) is 17.2 Å². The van der Waals surface area contributed by atoms with Crippen LogP contribution in [0, 0.1) is 17.0 Å². The SMILES string of the molecule is Cc1ccc(C(=O)O[C@H](C)c2nnc(-c3ccc([N+](=O)[O-])cc3)o2)c(O)c1. The molecule has 1 N–H and O–H groups in total. The third-order valence-electron chi connectivity index (χ3n) is 3.77. The van der Waals surface area contributed by atoms with E-state index in [9.17, 15) is 20.0 Å². The van der Waals surface area contributed by atoms with Crippen molar-refractivity contribution in [3.05, 3.63) is 69.6 Å². The topological polar surface area (TPSA) is 129 Å². The lowest BCUT2D eigenvalue weighted by Crippen LogP contribution is -2.10. The van der Waals surface area contributed by atoms with Gasteiger partial charge >= 0.3 is 5.97 Å². The molecular weight excluding hydrogens is 354 g/mol. The van der Waals surface area contributed by atoms with Crippen LogP contribution < -0.4 is 0 Å². The number of benzene rings is 2. The highest BCUT2D eigenvalue weighted by Gasteiger charge is 2.22. The Morgan fingerprint density at radius 2 is 1.93 bits per heavy atom. The van der Waals surface area contributed by atoms with Crippen molar-refractivity contribution in [1.29, 1.82) is 0 Å². The minimum absolute atomic E-state index is 0.0301. The first-order valence-electron chi connectivity index (χ1n) is 7.94. The molecule has 0 amide bonds. The van der Waals surface area contributed by atoms with Gasteiger partial charge in [0.15, 0.2) is 6.10 Å². The number of phenolic OH excluding ortho intramolecular Hbond substituents is 1. The van der Waals surface area contributed by atoms with Gasteiger partial charge in [0.1, 0.15) is 11.3 Å². The highest BCUT2D eigenvalue weighted by atomic mass is 16.6. The van der Waals surface area contributed by atoms with Crippen LogP contribution in [-0.2, 0) is 4.74 Å². The molecule has 27 heavy (non-hydrogen) atoms. The monoisotopic (exact) mass is 369 g/mol. The zero-order chi connectivity index (χ0) is 19.6. The predicted octanol–water partition coefficient (Wildman–Crippen LogP) is 3.58. The molecule has 0 aliphatic heterocycles. The fraction of sp³-hybridized carbons (Fsp3) is 0.167. The van der Waals surface area contributed by atoms with Gasteiger partial charge in [0, 0.05) is 17.7 Å². The fourth-order valence-electron chi connectivity index (χ4n) is 2.33. The summed E-state index contributed by atoms with van der Waals surface area (Å²) in [4.78, 5) is 22.4. The van der Waals surface area contributed by atoms with E-state index in [0.29, 0.717) is 5.56 Å². The number of aryl methyl sites for hydroxylation is 1. The smallest absolute Gasteiger partial charge is 0.342 e. The standard InChI is InChI=1S/C18H15N3O6/c1-10-3-8-14(15(22)9-10)18(23)26-11(2)16-19-20-17(27-16)12-4-6-13(7-5-12)21(24)25/h3-9,11,22H,1-2H3/t11-/m1/s1. The molecule has 9 nitrogen and oxygen atoms in total. The number of aromatic hydroxyl groups is 1. The van der Waals surface area contributed by atoms with Crippen LogP contribution in [-0.4, -0.2) is 26.2 Å². The molecule has 0 unspecified atom stereocenters. The maximum Gasteiger partial charge on any atom is 0.342 e. The number of hydrogen-bond acceptors (Lipinski definition) is 8. The number of non-ortho nitro benzene ring substituents is 1. The van der Waals surface area contributed by atoms with E-state index in [0.717, 1.165) is 5.56 Å². The summed E-state index contributed by atoms with van der Waals surface area (Å²) < 4.78 is 10.7. The average molecular weight is 369 g/mol. The van der Waals surface area contributed by atoms with Crippen LogP contribution in [0.1, 0.15) is 34.8 Å². The second-order valence-electron chi connectivity index (χ2n) is 5.82. The Morgan fingerprint density at radius 3 is 2.56 bits per heavy atom. The van der Waals surface area contributed by atoms with Gasteiger partial charge < -0.3 is 14.3 Å². The van der Waals surface area contributed by atoms with E-state index in [4.69, 9.17) is 9.15 Å². The summed E-state index contributed by atoms with van der Waals surface area (Å²) in [6.45, 7) is 3.34. The number of nitrogens with zero attached hydrogens (tertiary/aromatic N) is 3. The third kappa shape index (κ3) is 3.92. The highest BCUT2D eigenvalue weighted by molar-refractivity contribution is 5.92. The van der Waals surface area contributed by atoms with E-state index in [1.54, 1.807) is 19.9 Å². The zero-order valence-electron chi connectivity index (χ0n) is 14.4. The van der Waals surface area contributed by atoms with Crippen LogP contribution in [0.4, 0.5) is 5.69 Å². The van der Waals surface area contributed by atoms with Crippen LogP contribution in [0.25, 0.3) is 11.5 Å². The molecular formula is C18H15N3O6. The second kappa shape index (κ2) is 7.24. The van der Waals surface area contributed by atoms with Crippen molar-refractivity contribution < 1.29 is 24.0 Å². The first-order valence-corrected chi connectivity index (χ1v) is 7.94. The van der Waals surface area contributed by atoms with Crippen LogP contribution in [0.15, 0.2) is 46.9 Å². The number of carbonyl (C=O) groups excluding carboxylic acids is 1. The summed E-state index contributed by atoms with van der Waals surface area (Å²) in [6, 6.07) is 10.2. The molecule has 0 radical (unpaired) electrons. The molecule has 0 fully saturated rings. The number of rotatable bonds is 5. The largest absolute Gasteiger partial charge is 0.507 e. The molecule has 3 aromatic rings. The van der Waals surface area contributed by atoms with Gasteiger partial charge in [-0.25, -0.2) is 4.79 Å². The Morgan fingerprint density at radius 1 is 1.22 bits per heavy atom. The minimum Gasteiger partial charge on any atom is -0.507 e. The summed E-state index contributed by atoms with van der Waals surface area (Å²) in [7, 11) is 0. The molecule has 9 heteroatoms. The van der Waals surface area contributed by atoms with Crippen molar-refractivity contribution in [2.45, 2.75) is 20.0 Å². The van der Waals surface area contributed by atoms with Crippen molar-refractivity contribution in [2.75, 3.05) is 0 Å². The summed E-state index contributed by atoms with van der Waals surface area (Å²) in [6.07, 6.45) is -0.850. The quantitative estimate of drug-likeness (QED) is 0.410. The van der Waals surface area contributed by atoms with Gasteiger partial charge in [0.25, 0.3) is 11.6 Å². The Labute approximate surface area is 153 Å². The van der Waals surface area contributed by atoms with Gasteiger partial charge in [-0.2, -0.15) is 0 Å². The van der Waals surface area contributed by atoms with E-state index in [-0.39, 0.29) is 28.8 Å². The van der Waals surface area contributed by atoms with E-state index < -0.39 is 17.0 Å². The van der Waals surface area contributed by atoms with Crippen LogP contribution in [0.2, 0.25) is 0 Å². The highest BCUT2D eigenvalue weighted by Crippen LogP contribution is 2.26. The number of aromatic nitrogens is 2. The molecule has 0 spiro atoms. The van der Waals surface area contributed by atoms with Crippen molar-refractivity contribution in [1.82, 2.24) is 10.2 Å².